The number of imide groups is 1. The van der Waals surface area contributed by atoms with Gasteiger partial charge in [0.05, 0.1) is 5.69 Å². The molecule has 2 rings (SSSR count). The molecule has 1 fully saturated rings. The van der Waals surface area contributed by atoms with Crippen LogP contribution in [0.3, 0.4) is 0 Å². The van der Waals surface area contributed by atoms with Crippen LogP contribution < -0.4 is 16.0 Å². The summed E-state index contributed by atoms with van der Waals surface area (Å²) >= 11 is 0. The summed E-state index contributed by atoms with van der Waals surface area (Å²) in [5, 5.41) is 6.74. The van der Waals surface area contributed by atoms with E-state index >= 15 is 0 Å². The van der Waals surface area contributed by atoms with Gasteiger partial charge in [-0.05, 0) is 38.0 Å². The highest BCUT2D eigenvalue weighted by molar-refractivity contribution is 6.04. The molecule has 8 nitrogen and oxygen atoms in total. The average Bonchev–Trinajstić information content (AvgIpc) is 2.85. The number of amides is 4. The number of nitrogens with one attached hydrogen (secondary N) is 3. The van der Waals surface area contributed by atoms with Crippen molar-refractivity contribution in [3.05, 3.63) is 29.6 Å². The Hall–Kier alpha value is -2.97. The van der Waals surface area contributed by atoms with Gasteiger partial charge in [0.2, 0.25) is 0 Å². The maximum Gasteiger partial charge on any atom is 0.322 e. The topological polar surface area (TPSA) is 114 Å². The third-order valence-electron chi connectivity index (χ3n) is 3.56. The van der Waals surface area contributed by atoms with E-state index in [0.29, 0.717) is 5.56 Å². The fraction of sp³-hybridized carbons (Fsp3) is 0.375. The molecule has 2 unspecified atom stereocenters. The van der Waals surface area contributed by atoms with Crippen molar-refractivity contribution in [2.75, 3.05) is 5.32 Å². The van der Waals surface area contributed by atoms with Gasteiger partial charge in [0.1, 0.15) is 11.9 Å². The second kappa shape index (κ2) is 7.73. The molecule has 0 aliphatic carbocycles. The number of aryl methyl sites for hydroxylation is 1. The van der Waals surface area contributed by atoms with Crippen LogP contribution in [0, 0.1) is 12.7 Å². The van der Waals surface area contributed by atoms with Crippen LogP contribution in [-0.4, -0.2) is 36.0 Å². The van der Waals surface area contributed by atoms with Crippen LogP contribution in [0.5, 0.6) is 0 Å². The van der Waals surface area contributed by atoms with Gasteiger partial charge in [0.25, 0.3) is 11.8 Å². The van der Waals surface area contributed by atoms with Gasteiger partial charge in [-0.15, -0.1) is 0 Å². The Labute approximate surface area is 143 Å². The normalized spacial score (nSPS) is 17.5. The number of hydrogen-bond donors (Lipinski definition) is 3. The smallest absolute Gasteiger partial charge is 0.322 e. The highest BCUT2D eigenvalue weighted by atomic mass is 19.1. The van der Waals surface area contributed by atoms with Crippen molar-refractivity contribution >= 4 is 29.5 Å². The quantitative estimate of drug-likeness (QED) is 0.522. The monoisotopic (exact) mass is 351 g/mol. The number of hydrogen-bond acceptors (Lipinski definition) is 5. The van der Waals surface area contributed by atoms with Gasteiger partial charge in [0, 0.05) is 6.42 Å². The lowest BCUT2D eigenvalue weighted by Gasteiger charge is -2.14. The van der Waals surface area contributed by atoms with Gasteiger partial charge in [-0.3, -0.25) is 19.7 Å². The lowest BCUT2D eigenvalue weighted by molar-refractivity contribution is -0.153. The number of carbonyl (C=O) groups excluding carboxylic acids is 4. The largest absolute Gasteiger partial charge is 0.453 e. The molecular weight excluding hydrogens is 333 g/mol. The Morgan fingerprint density at radius 2 is 2.08 bits per heavy atom. The van der Waals surface area contributed by atoms with E-state index in [2.05, 4.69) is 10.6 Å². The molecule has 1 heterocycles. The summed E-state index contributed by atoms with van der Waals surface area (Å²) in [4.78, 5) is 46.0. The Morgan fingerprint density at radius 1 is 1.36 bits per heavy atom. The highest BCUT2D eigenvalue weighted by Gasteiger charge is 2.30. The van der Waals surface area contributed by atoms with Crippen LogP contribution in [-0.2, 0) is 19.1 Å². The van der Waals surface area contributed by atoms with Crippen LogP contribution >= 0.6 is 0 Å². The summed E-state index contributed by atoms with van der Waals surface area (Å²) in [5.41, 5.74) is 0.696. The minimum absolute atomic E-state index is 0.0103. The molecule has 1 saturated heterocycles. The van der Waals surface area contributed by atoms with Gasteiger partial charge in [-0.25, -0.2) is 9.18 Å². The number of anilines is 1. The molecule has 0 bridgehead atoms. The summed E-state index contributed by atoms with van der Waals surface area (Å²) in [6, 6.07) is 2.91. The van der Waals surface area contributed by atoms with Crippen molar-refractivity contribution in [3.8, 4) is 0 Å². The maximum atomic E-state index is 13.7. The van der Waals surface area contributed by atoms with Crippen LogP contribution in [0.25, 0.3) is 0 Å². The maximum absolute atomic E-state index is 13.7. The number of benzene rings is 1. The van der Waals surface area contributed by atoms with Gasteiger partial charge in [-0.2, -0.15) is 0 Å². The summed E-state index contributed by atoms with van der Waals surface area (Å²) in [7, 11) is 0. The average molecular weight is 351 g/mol. The van der Waals surface area contributed by atoms with E-state index in [1.165, 1.54) is 19.1 Å². The summed E-state index contributed by atoms with van der Waals surface area (Å²) in [5.74, 6) is -2.49. The zero-order valence-electron chi connectivity index (χ0n) is 13.7. The zero-order chi connectivity index (χ0) is 18.6. The molecule has 134 valence electrons. The van der Waals surface area contributed by atoms with Gasteiger partial charge in [0.15, 0.2) is 6.10 Å². The zero-order valence-corrected chi connectivity index (χ0v) is 13.7. The van der Waals surface area contributed by atoms with Crippen molar-refractivity contribution in [1.82, 2.24) is 10.6 Å². The van der Waals surface area contributed by atoms with Crippen LogP contribution in [0.4, 0.5) is 14.9 Å². The molecule has 1 aliphatic rings. The molecule has 3 N–H and O–H groups in total. The SMILES string of the molecule is Cc1ccc(NC(=O)C(C)OC(=O)CCC2NC(=O)NC2=O)c(F)c1. The first-order valence-corrected chi connectivity index (χ1v) is 7.64. The van der Waals surface area contributed by atoms with E-state index in [1.54, 1.807) is 13.0 Å². The first kappa shape index (κ1) is 18.4. The lowest BCUT2D eigenvalue weighted by atomic mass is 10.1. The van der Waals surface area contributed by atoms with Crippen molar-refractivity contribution in [3.63, 3.8) is 0 Å². The number of urea groups is 1. The predicted molar refractivity (Wildman–Crippen MR) is 85.0 cm³/mol. The van der Waals surface area contributed by atoms with Gasteiger partial charge >= 0.3 is 12.0 Å². The van der Waals surface area contributed by atoms with Crippen molar-refractivity contribution in [2.24, 2.45) is 0 Å². The summed E-state index contributed by atoms with van der Waals surface area (Å²) in [6.45, 7) is 3.06. The predicted octanol–water partition coefficient (Wildman–Crippen LogP) is 0.993. The van der Waals surface area contributed by atoms with Crippen molar-refractivity contribution in [2.45, 2.75) is 38.8 Å². The number of halogens is 1. The second-order valence-electron chi connectivity index (χ2n) is 5.66. The molecule has 1 aromatic carbocycles. The highest BCUT2D eigenvalue weighted by Crippen LogP contribution is 2.16. The molecule has 0 spiro atoms. The first-order valence-electron chi connectivity index (χ1n) is 7.64. The van der Waals surface area contributed by atoms with E-state index in [-0.39, 0.29) is 18.5 Å². The second-order valence-corrected chi connectivity index (χ2v) is 5.66. The molecule has 25 heavy (non-hydrogen) atoms. The molecule has 1 aliphatic heterocycles. The molecule has 4 amide bonds. The molecule has 2 atom stereocenters. The van der Waals surface area contributed by atoms with E-state index in [1.807, 2.05) is 5.32 Å². The van der Waals surface area contributed by atoms with Crippen molar-refractivity contribution in [1.29, 1.82) is 0 Å². The number of rotatable bonds is 6. The molecular formula is C16H18FN3O5. The van der Waals surface area contributed by atoms with Gasteiger partial charge in [-0.1, -0.05) is 6.07 Å². The Kier molecular flexibility index (Phi) is 5.68. The third-order valence-corrected chi connectivity index (χ3v) is 3.56. The van der Waals surface area contributed by atoms with E-state index < -0.39 is 41.8 Å². The molecule has 0 aromatic heterocycles. The Balaban J connectivity index is 1.80. The number of ether oxygens (including phenoxy) is 1. The van der Waals surface area contributed by atoms with Crippen molar-refractivity contribution < 1.29 is 28.3 Å². The van der Waals surface area contributed by atoms with Crippen LogP contribution in [0.15, 0.2) is 18.2 Å². The fourth-order valence-electron chi connectivity index (χ4n) is 2.19. The summed E-state index contributed by atoms with van der Waals surface area (Å²) < 4.78 is 18.7. The van der Waals surface area contributed by atoms with Crippen LogP contribution in [0.2, 0.25) is 0 Å². The number of carbonyl (C=O) groups is 4. The first-order chi connectivity index (χ1) is 11.8. The minimum atomic E-state index is -1.14. The lowest BCUT2D eigenvalue weighted by Crippen LogP contribution is -2.32. The van der Waals surface area contributed by atoms with E-state index in [9.17, 15) is 23.6 Å². The fourth-order valence-corrected chi connectivity index (χ4v) is 2.19. The standard InChI is InChI=1S/C16H18FN3O5/c1-8-3-4-11(10(17)7-8)18-14(22)9(2)25-13(21)6-5-12-15(23)20-16(24)19-12/h3-4,7,9,12H,5-6H2,1-2H3,(H,18,22)(H2,19,20,23,24). The van der Waals surface area contributed by atoms with E-state index in [0.717, 1.165) is 0 Å². The molecule has 0 saturated carbocycles. The molecule has 1 aromatic rings. The third kappa shape index (κ3) is 5.00. The number of esters is 1. The van der Waals surface area contributed by atoms with Crippen LogP contribution in [0.1, 0.15) is 25.3 Å². The van der Waals surface area contributed by atoms with Gasteiger partial charge < -0.3 is 15.4 Å². The summed E-state index contributed by atoms with van der Waals surface area (Å²) in [6.07, 6.45) is -1.24. The molecule has 9 heteroatoms. The minimum Gasteiger partial charge on any atom is -0.453 e. The van der Waals surface area contributed by atoms with E-state index in [4.69, 9.17) is 4.74 Å². The Morgan fingerprint density at radius 3 is 2.68 bits per heavy atom. The molecule has 0 radical (unpaired) electrons. The Bertz CT molecular complexity index is 722.